The molecule has 0 unspecified atom stereocenters. The monoisotopic (exact) mass is 235 g/mol. The van der Waals surface area contributed by atoms with Gasteiger partial charge in [0.15, 0.2) is 11.0 Å². The fourth-order valence-electron chi connectivity index (χ4n) is 1.29. The third-order valence-electron chi connectivity index (χ3n) is 2.08. The normalized spacial score (nSPS) is 10.4. The van der Waals surface area contributed by atoms with Crippen LogP contribution < -0.4 is 5.32 Å². The average Bonchev–Trinajstić information content (AvgIpc) is 2.75. The summed E-state index contributed by atoms with van der Waals surface area (Å²) in [5.41, 5.74) is 1.11. The van der Waals surface area contributed by atoms with Gasteiger partial charge in [0.05, 0.1) is 6.20 Å². The summed E-state index contributed by atoms with van der Waals surface area (Å²) in [6, 6.07) is 1.87. The van der Waals surface area contributed by atoms with E-state index in [1.165, 1.54) is 11.8 Å². The van der Waals surface area contributed by atoms with Crippen LogP contribution in [-0.2, 0) is 0 Å². The van der Waals surface area contributed by atoms with Gasteiger partial charge in [0, 0.05) is 19.3 Å². The van der Waals surface area contributed by atoms with E-state index in [0.717, 1.165) is 22.4 Å². The molecular formula is C10H13N5S. The molecule has 2 heterocycles. The topological polar surface area (TPSA) is 55.6 Å². The summed E-state index contributed by atoms with van der Waals surface area (Å²) in [4.78, 5) is 8.70. The lowest BCUT2D eigenvalue weighted by atomic mass is 10.4. The maximum atomic E-state index is 4.40. The van der Waals surface area contributed by atoms with Crippen molar-refractivity contribution in [2.75, 3.05) is 18.6 Å². The van der Waals surface area contributed by atoms with Crippen LogP contribution >= 0.6 is 11.8 Å². The van der Waals surface area contributed by atoms with Gasteiger partial charge in [-0.2, -0.15) is 5.10 Å². The van der Waals surface area contributed by atoms with E-state index >= 15 is 0 Å². The molecule has 6 heteroatoms. The molecule has 2 aromatic rings. The van der Waals surface area contributed by atoms with Crippen LogP contribution in [0.25, 0.3) is 5.82 Å². The molecule has 2 rings (SSSR count). The molecule has 0 spiro atoms. The van der Waals surface area contributed by atoms with Gasteiger partial charge >= 0.3 is 0 Å². The first-order valence-electron chi connectivity index (χ1n) is 4.85. The zero-order valence-corrected chi connectivity index (χ0v) is 10.2. The molecule has 0 atom stereocenters. The SMILES string of the molecule is CNc1cc(-n2cc(C)cn2)nc(SC)n1. The van der Waals surface area contributed by atoms with Crippen molar-refractivity contribution in [3.05, 3.63) is 24.0 Å². The van der Waals surface area contributed by atoms with E-state index in [9.17, 15) is 0 Å². The van der Waals surface area contributed by atoms with Gasteiger partial charge in [-0.05, 0) is 18.7 Å². The maximum Gasteiger partial charge on any atom is 0.191 e. The lowest BCUT2D eigenvalue weighted by molar-refractivity contribution is 0.809. The highest BCUT2D eigenvalue weighted by molar-refractivity contribution is 7.98. The third-order valence-corrected chi connectivity index (χ3v) is 2.62. The average molecular weight is 235 g/mol. The van der Waals surface area contributed by atoms with Crippen molar-refractivity contribution in [2.45, 2.75) is 12.1 Å². The van der Waals surface area contributed by atoms with Gasteiger partial charge in [-0.15, -0.1) is 0 Å². The van der Waals surface area contributed by atoms with Crippen LogP contribution in [0.3, 0.4) is 0 Å². The number of rotatable bonds is 3. The largest absolute Gasteiger partial charge is 0.373 e. The molecule has 2 aromatic heterocycles. The number of nitrogens with zero attached hydrogens (tertiary/aromatic N) is 4. The van der Waals surface area contributed by atoms with Gasteiger partial charge in [-0.1, -0.05) is 11.8 Å². The first-order chi connectivity index (χ1) is 7.72. The summed E-state index contributed by atoms with van der Waals surface area (Å²) >= 11 is 1.51. The summed E-state index contributed by atoms with van der Waals surface area (Å²) in [6.07, 6.45) is 5.69. The molecule has 1 N–H and O–H groups in total. The van der Waals surface area contributed by atoms with Crippen molar-refractivity contribution < 1.29 is 0 Å². The second-order valence-corrected chi connectivity index (χ2v) is 4.08. The summed E-state index contributed by atoms with van der Waals surface area (Å²) in [5.74, 6) is 1.57. The second-order valence-electron chi connectivity index (χ2n) is 3.31. The van der Waals surface area contributed by atoms with E-state index in [1.807, 2.05) is 32.5 Å². The smallest absolute Gasteiger partial charge is 0.191 e. The van der Waals surface area contributed by atoms with Crippen LogP contribution in [-0.4, -0.2) is 33.1 Å². The van der Waals surface area contributed by atoms with Crippen LogP contribution in [0.2, 0.25) is 0 Å². The molecule has 0 fully saturated rings. The first-order valence-corrected chi connectivity index (χ1v) is 6.08. The summed E-state index contributed by atoms with van der Waals surface area (Å²) in [5, 5.41) is 7.97. The Morgan fingerprint density at radius 3 is 2.75 bits per heavy atom. The highest BCUT2D eigenvalue weighted by Crippen LogP contribution is 2.16. The van der Waals surface area contributed by atoms with Crippen molar-refractivity contribution in [2.24, 2.45) is 0 Å². The quantitative estimate of drug-likeness (QED) is 0.648. The van der Waals surface area contributed by atoms with E-state index in [1.54, 1.807) is 10.9 Å². The number of thioether (sulfide) groups is 1. The van der Waals surface area contributed by atoms with Crippen LogP contribution in [0.4, 0.5) is 5.82 Å². The Balaban J connectivity index is 2.47. The van der Waals surface area contributed by atoms with Gasteiger partial charge in [0.1, 0.15) is 5.82 Å². The Bertz CT molecular complexity index is 471. The van der Waals surface area contributed by atoms with Crippen molar-refractivity contribution >= 4 is 17.6 Å². The molecule has 0 aliphatic heterocycles. The predicted molar refractivity (Wildman–Crippen MR) is 65.2 cm³/mol. The number of aryl methyl sites for hydroxylation is 1. The maximum absolute atomic E-state index is 4.40. The zero-order chi connectivity index (χ0) is 11.5. The van der Waals surface area contributed by atoms with Gasteiger partial charge in [0.25, 0.3) is 0 Å². The minimum absolute atomic E-state index is 0.731. The number of nitrogens with one attached hydrogen (secondary N) is 1. The molecule has 16 heavy (non-hydrogen) atoms. The van der Waals surface area contributed by atoms with Crippen molar-refractivity contribution in [3.8, 4) is 5.82 Å². The molecular weight excluding hydrogens is 222 g/mol. The molecule has 0 saturated carbocycles. The number of anilines is 1. The minimum Gasteiger partial charge on any atom is -0.373 e. The van der Waals surface area contributed by atoms with E-state index in [4.69, 9.17) is 0 Å². The van der Waals surface area contributed by atoms with Gasteiger partial charge in [-0.3, -0.25) is 0 Å². The first kappa shape index (κ1) is 10.9. The Labute approximate surface area is 98.3 Å². The molecule has 0 aromatic carbocycles. The van der Waals surface area contributed by atoms with E-state index in [-0.39, 0.29) is 0 Å². The standard InChI is InChI=1S/C10H13N5S/c1-7-5-12-15(6-7)9-4-8(11-2)13-10(14-9)16-3/h4-6H,1-3H3,(H,11,13,14). The summed E-state index contributed by atoms with van der Waals surface area (Å²) < 4.78 is 1.75. The Kier molecular flexibility index (Phi) is 3.09. The Morgan fingerprint density at radius 1 is 1.38 bits per heavy atom. The zero-order valence-electron chi connectivity index (χ0n) is 9.43. The second kappa shape index (κ2) is 4.52. The van der Waals surface area contributed by atoms with Gasteiger partial charge < -0.3 is 5.32 Å². The molecule has 0 aliphatic carbocycles. The molecule has 0 saturated heterocycles. The third kappa shape index (κ3) is 2.16. The van der Waals surface area contributed by atoms with Crippen molar-refractivity contribution in [3.63, 3.8) is 0 Å². The van der Waals surface area contributed by atoms with Crippen LogP contribution in [0, 0.1) is 6.92 Å². The molecule has 84 valence electrons. The van der Waals surface area contributed by atoms with Gasteiger partial charge in [0.2, 0.25) is 0 Å². The Hall–Kier alpha value is -1.56. The highest BCUT2D eigenvalue weighted by atomic mass is 32.2. The lowest BCUT2D eigenvalue weighted by Gasteiger charge is -2.05. The molecule has 0 radical (unpaired) electrons. The fraction of sp³-hybridized carbons (Fsp3) is 0.300. The van der Waals surface area contributed by atoms with E-state index in [0.29, 0.717) is 0 Å². The Morgan fingerprint density at radius 2 is 2.19 bits per heavy atom. The van der Waals surface area contributed by atoms with Crippen LogP contribution in [0.1, 0.15) is 5.56 Å². The predicted octanol–water partition coefficient (Wildman–Crippen LogP) is 1.73. The number of aromatic nitrogens is 4. The molecule has 0 bridgehead atoms. The van der Waals surface area contributed by atoms with E-state index < -0.39 is 0 Å². The summed E-state index contributed by atoms with van der Waals surface area (Å²) in [7, 11) is 1.84. The van der Waals surface area contributed by atoms with Crippen LogP contribution in [0.5, 0.6) is 0 Å². The van der Waals surface area contributed by atoms with Gasteiger partial charge in [-0.25, -0.2) is 14.6 Å². The summed E-state index contributed by atoms with van der Waals surface area (Å²) in [6.45, 7) is 2.00. The number of hydrogen-bond acceptors (Lipinski definition) is 5. The van der Waals surface area contributed by atoms with Crippen LogP contribution in [0.15, 0.2) is 23.6 Å². The fourth-order valence-corrected chi connectivity index (χ4v) is 1.66. The minimum atomic E-state index is 0.731. The number of hydrogen-bond donors (Lipinski definition) is 1. The van der Waals surface area contributed by atoms with Crippen molar-refractivity contribution in [1.82, 2.24) is 19.7 Å². The van der Waals surface area contributed by atoms with E-state index in [2.05, 4.69) is 20.4 Å². The molecule has 0 aliphatic rings. The molecule has 0 amide bonds. The van der Waals surface area contributed by atoms with Crippen molar-refractivity contribution in [1.29, 1.82) is 0 Å². The highest BCUT2D eigenvalue weighted by Gasteiger charge is 2.05. The lowest BCUT2D eigenvalue weighted by Crippen LogP contribution is -2.03. The molecule has 5 nitrogen and oxygen atoms in total.